The number of hydrogen-bond donors (Lipinski definition) is 2. The predicted octanol–water partition coefficient (Wildman–Crippen LogP) is 4.35. The lowest BCUT2D eigenvalue weighted by atomic mass is 10.0. The first-order chi connectivity index (χ1) is 17.3. The van der Waals surface area contributed by atoms with E-state index in [1.165, 1.54) is 18.3 Å². The van der Waals surface area contributed by atoms with Crippen molar-refractivity contribution in [3.05, 3.63) is 89.5 Å². The maximum atomic E-state index is 13.0. The third-order valence-corrected chi connectivity index (χ3v) is 6.68. The summed E-state index contributed by atoms with van der Waals surface area (Å²) in [6.07, 6.45) is 1.35. The maximum Gasteiger partial charge on any atom is 0.242 e. The number of rotatable bonds is 12. The van der Waals surface area contributed by atoms with E-state index >= 15 is 0 Å². The maximum absolute atomic E-state index is 13.0. The number of nitrogens with one attached hydrogen (secondary N) is 2. The van der Waals surface area contributed by atoms with Gasteiger partial charge in [0.05, 0.1) is 30.4 Å². The molecule has 2 N–H and O–H groups in total. The first-order valence-corrected chi connectivity index (χ1v) is 13.2. The third kappa shape index (κ3) is 7.66. The third-order valence-electron chi connectivity index (χ3n) is 5.19. The molecule has 3 aromatic rings. The van der Waals surface area contributed by atoms with Crippen LogP contribution in [0, 0.1) is 6.92 Å². The van der Waals surface area contributed by atoms with Crippen molar-refractivity contribution in [3.8, 4) is 11.5 Å². The molecule has 3 rings (SSSR count). The van der Waals surface area contributed by atoms with Crippen molar-refractivity contribution < 1.29 is 22.7 Å². The Morgan fingerprint density at radius 2 is 1.61 bits per heavy atom. The molecular formula is C27H31N3O5S. The van der Waals surface area contributed by atoms with Gasteiger partial charge in [-0.05, 0) is 62.2 Å². The van der Waals surface area contributed by atoms with Crippen molar-refractivity contribution in [2.24, 2.45) is 5.10 Å². The van der Waals surface area contributed by atoms with Crippen LogP contribution in [0.25, 0.3) is 0 Å². The minimum absolute atomic E-state index is 0.132. The number of aryl methyl sites for hydroxylation is 1. The smallest absolute Gasteiger partial charge is 0.242 e. The van der Waals surface area contributed by atoms with Crippen LogP contribution in [0.1, 0.15) is 43.0 Å². The van der Waals surface area contributed by atoms with Crippen LogP contribution in [-0.2, 0) is 14.8 Å². The van der Waals surface area contributed by atoms with E-state index in [-0.39, 0.29) is 11.3 Å². The van der Waals surface area contributed by atoms with E-state index in [0.29, 0.717) is 35.8 Å². The van der Waals surface area contributed by atoms with E-state index < -0.39 is 22.0 Å². The summed E-state index contributed by atoms with van der Waals surface area (Å²) in [5.74, 6) is 0.777. The Morgan fingerprint density at radius 3 is 2.28 bits per heavy atom. The molecule has 3 aromatic carbocycles. The van der Waals surface area contributed by atoms with Crippen LogP contribution < -0.4 is 19.6 Å². The molecule has 36 heavy (non-hydrogen) atoms. The van der Waals surface area contributed by atoms with Gasteiger partial charge in [0, 0.05) is 6.42 Å². The minimum Gasteiger partial charge on any atom is -0.490 e. The van der Waals surface area contributed by atoms with E-state index in [0.717, 1.165) is 5.56 Å². The second-order valence-corrected chi connectivity index (χ2v) is 9.68. The van der Waals surface area contributed by atoms with Crippen LogP contribution in [0.15, 0.2) is 82.8 Å². The van der Waals surface area contributed by atoms with Crippen LogP contribution in [0.4, 0.5) is 0 Å². The van der Waals surface area contributed by atoms with Gasteiger partial charge in [0.15, 0.2) is 11.5 Å². The van der Waals surface area contributed by atoms with E-state index in [9.17, 15) is 13.2 Å². The van der Waals surface area contributed by atoms with Crippen molar-refractivity contribution in [1.82, 2.24) is 10.1 Å². The number of carbonyl (C=O) groups excluding carboxylic acids is 1. The fourth-order valence-electron chi connectivity index (χ4n) is 3.44. The van der Waals surface area contributed by atoms with Crippen molar-refractivity contribution in [2.45, 2.75) is 38.1 Å². The molecule has 0 heterocycles. The van der Waals surface area contributed by atoms with E-state index in [1.807, 2.05) is 26.8 Å². The summed E-state index contributed by atoms with van der Waals surface area (Å²) in [7, 11) is -3.85. The summed E-state index contributed by atoms with van der Waals surface area (Å²) in [6.45, 7) is 6.65. The van der Waals surface area contributed by atoms with Crippen LogP contribution in [0.2, 0.25) is 0 Å². The molecule has 0 aliphatic rings. The lowest BCUT2D eigenvalue weighted by Gasteiger charge is -2.18. The fourth-order valence-corrected chi connectivity index (χ4v) is 4.67. The highest BCUT2D eigenvalue weighted by Crippen LogP contribution is 2.28. The average molecular weight is 510 g/mol. The largest absolute Gasteiger partial charge is 0.490 e. The van der Waals surface area contributed by atoms with Gasteiger partial charge >= 0.3 is 0 Å². The van der Waals surface area contributed by atoms with Gasteiger partial charge in [-0.3, -0.25) is 4.79 Å². The first kappa shape index (κ1) is 26.9. The van der Waals surface area contributed by atoms with Gasteiger partial charge in [0.2, 0.25) is 15.9 Å². The van der Waals surface area contributed by atoms with Crippen molar-refractivity contribution in [1.29, 1.82) is 0 Å². The number of hydrazone groups is 1. The van der Waals surface area contributed by atoms with Crippen molar-refractivity contribution >= 4 is 22.1 Å². The van der Waals surface area contributed by atoms with Gasteiger partial charge in [-0.2, -0.15) is 5.10 Å². The summed E-state index contributed by atoms with van der Waals surface area (Å²) < 4.78 is 39.8. The first-order valence-electron chi connectivity index (χ1n) is 11.7. The van der Waals surface area contributed by atoms with Crippen LogP contribution in [0.3, 0.4) is 0 Å². The molecule has 0 saturated heterocycles. The van der Waals surface area contributed by atoms with Gasteiger partial charge in [-0.15, -0.1) is 0 Å². The summed E-state index contributed by atoms with van der Waals surface area (Å²) in [5, 5.41) is 4.03. The Bertz CT molecular complexity index is 1280. The lowest BCUT2D eigenvalue weighted by Crippen LogP contribution is -2.32. The second kappa shape index (κ2) is 12.9. The predicted molar refractivity (Wildman–Crippen MR) is 140 cm³/mol. The Morgan fingerprint density at radius 1 is 0.944 bits per heavy atom. The van der Waals surface area contributed by atoms with Gasteiger partial charge < -0.3 is 9.47 Å². The second-order valence-electron chi connectivity index (χ2n) is 7.97. The zero-order chi connectivity index (χ0) is 26.0. The topological polar surface area (TPSA) is 106 Å². The summed E-state index contributed by atoms with van der Waals surface area (Å²) >= 11 is 0. The number of carbonyl (C=O) groups is 1. The normalized spacial score (nSPS) is 12.3. The summed E-state index contributed by atoms with van der Waals surface area (Å²) in [6, 6.07) is 20.1. The molecule has 1 atom stereocenters. The van der Waals surface area contributed by atoms with E-state index in [4.69, 9.17) is 9.47 Å². The van der Waals surface area contributed by atoms with Crippen molar-refractivity contribution in [2.75, 3.05) is 13.2 Å². The molecule has 0 saturated carbocycles. The van der Waals surface area contributed by atoms with Crippen LogP contribution in [-0.4, -0.2) is 33.8 Å². The van der Waals surface area contributed by atoms with E-state index in [2.05, 4.69) is 15.2 Å². The van der Waals surface area contributed by atoms with Gasteiger partial charge in [0.25, 0.3) is 0 Å². The minimum atomic E-state index is -3.85. The Kier molecular flexibility index (Phi) is 9.61. The highest BCUT2D eigenvalue weighted by Gasteiger charge is 2.23. The average Bonchev–Trinajstić information content (AvgIpc) is 2.86. The zero-order valence-electron chi connectivity index (χ0n) is 20.6. The highest BCUT2D eigenvalue weighted by molar-refractivity contribution is 7.89. The van der Waals surface area contributed by atoms with E-state index in [1.54, 1.807) is 54.6 Å². The van der Waals surface area contributed by atoms with Crippen LogP contribution in [0.5, 0.6) is 11.5 Å². The molecular weight excluding hydrogens is 478 g/mol. The molecule has 0 radical (unpaired) electrons. The molecule has 0 aliphatic heterocycles. The number of benzene rings is 3. The van der Waals surface area contributed by atoms with Crippen LogP contribution >= 0.6 is 0 Å². The van der Waals surface area contributed by atoms with Gasteiger partial charge in [-0.1, -0.05) is 48.0 Å². The lowest BCUT2D eigenvalue weighted by molar-refractivity contribution is -0.121. The highest BCUT2D eigenvalue weighted by atomic mass is 32.2. The number of ether oxygens (including phenoxy) is 2. The SMILES string of the molecule is CCOc1ccc(/C=N\NC(=O)C[C@H](NS(=O)(=O)c2ccc(C)cc2)c2ccccc2)cc1OCC. The molecule has 1 amide bonds. The zero-order valence-corrected chi connectivity index (χ0v) is 21.4. The molecule has 0 aliphatic carbocycles. The number of amides is 1. The molecule has 0 spiro atoms. The molecule has 0 aromatic heterocycles. The molecule has 0 unspecified atom stereocenters. The summed E-state index contributed by atoms with van der Waals surface area (Å²) in [4.78, 5) is 12.8. The summed E-state index contributed by atoms with van der Waals surface area (Å²) in [5.41, 5.74) is 4.81. The number of sulfonamides is 1. The molecule has 190 valence electrons. The van der Waals surface area contributed by atoms with Gasteiger partial charge in [0.1, 0.15) is 0 Å². The quantitative estimate of drug-likeness (QED) is 0.279. The number of hydrogen-bond acceptors (Lipinski definition) is 6. The molecule has 0 fully saturated rings. The number of nitrogens with zero attached hydrogens (tertiary/aromatic N) is 1. The monoisotopic (exact) mass is 509 g/mol. The van der Waals surface area contributed by atoms with Gasteiger partial charge in [-0.25, -0.2) is 18.6 Å². The Labute approximate surface area is 212 Å². The molecule has 9 heteroatoms. The fraction of sp³-hybridized carbons (Fsp3) is 0.259. The standard InChI is InChI=1S/C27H31N3O5S/c1-4-34-25-16-13-21(17-26(25)35-5-2)19-28-29-27(31)18-24(22-9-7-6-8-10-22)30-36(32,33)23-14-11-20(3)12-15-23/h6-17,19,24,30H,4-5,18H2,1-3H3,(H,29,31)/b28-19-/t24-/m0/s1. The Balaban J connectivity index is 1.71. The Hall–Kier alpha value is -3.69. The van der Waals surface area contributed by atoms with Crippen molar-refractivity contribution in [3.63, 3.8) is 0 Å². The molecule has 0 bridgehead atoms. The molecule has 8 nitrogen and oxygen atoms in total.